The molecular formula is C13H19N5O. The molecule has 0 saturated carbocycles. The first kappa shape index (κ1) is 13.4. The van der Waals surface area contributed by atoms with E-state index in [1.54, 1.807) is 7.05 Å². The van der Waals surface area contributed by atoms with Gasteiger partial charge >= 0.3 is 6.01 Å². The van der Waals surface area contributed by atoms with Crippen LogP contribution in [0, 0.1) is 12.3 Å². The van der Waals surface area contributed by atoms with E-state index in [1.165, 1.54) is 19.3 Å². The Labute approximate surface area is 113 Å². The molecule has 6 nitrogen and oxygen atoms in total. The Morgan fingerprint density at radius 2 is 2.05 bits per heavy atom. The van der Waals surface area contributed by atoms with Gasteiger partial charge in [0.05, 0.1) is 0 Å². The fourth-order valence-corrected chi connectivity index (χ4v) is 1.96. The number of terminal acetylenes is 1. The minimum Gasteiger partial charge on any atom is -0.462 e. The van der Waals surface area contributed by atoms with E-state index in [0.29, 0.717) is 30.9 Å². The molecule has 0 aromatic carbocycles. The van der Waals surface area contributed by atoms with Crippen LogP contribution in [0.5, 0.6) is 6.01 Å². The van der Waals surface area contributed by atoms with Crippen LogP contribution in [0.15, 0.2) is 0 Å². The lowest BCUT2D eigenvalue weighted by Crippen LogP contribution is -2.31. The van der Waals surface area contributed by atoms with Crippen molar-refractivity contribution in [2.24, 2.45) is 0 Å². The maximum atomic E-state index is 5.45. The summed E-state index contributed by atoms with van der Waals surface area (Å²) in [5.74, 6) is 3.72. The Bertz CT molecular complexity index is 451. The molecule has 0 aliphatic carbocycles. The second-order valence-corrected chi connectivity index (χ2v) is 4.34. The molecule has 6 heteroatoms. The number of nitrogens with zero attached hydrogens (tertiary/aromatic N) is 4. The molecule has 0 atom stereocenters. The van der Waals surface area contributed by atoms with Gasteiger partial charge in [-0.05, 0) is 19.3 Å². The summed E-state index contributed by atoms with van der Waals surface area (Å²) in [6, 6.07) is 0.329. The van der Waals surface area contributed by atoms with Crippen molar-refractivity contribution in [2.75, 3.05) is 37.0 Å². The van der Waals surface area contributed by atoms with Gasteiger partial charge in [0.2, 0.25) is 11.9 Å². The average molecular weight is 261 g/mol. The third-order valence-corrected chi connectivity index (χ3v) is 2.94. The lowest BCUT2D eigenvalue weighted by molar-refractivity contribution is 0.300. The lowest BCUT2D eigenvalue weighted by atomic mass is 10.1. The number of ether oxygens (including phenoxy) is 1. The second kappa shape index (κ2) is 6.78. The number of aromatic nitrogens is 3. The number of anilines is 2. The standard InChI is InChI=1S/C13H19N5O/c1-3-4-10-19-13-16-11(14-2)15-12(17-13)18-8-6-5-7-9-18/h1H,4-10H2,2H3,(H,14,15,16,17). The van der Waals surface area contributed by atoms with Crippen molar-refractivity contribution in [2.45, 2.75) is 25.7 Å². The van der Waals surface area contributed by atoms with Crippen LogP contribution in [-0.2, 0) is 0 Å². The molecule has 0 bridgehead atoms. The molecule has 0 spiro atoms. The Hall–Kier alpha value is -2.03. The first-order valence-electron chi connectivity index (χ1n) is 6.58. The lowest BCUT2D eigenvalue weighted by Gasteiger charge is -2.26. The highest BCUT2D eigenvalue weighted by Gasteiger charge is 2.16. The van der Waals surface area contributed by atoms with Gasteiger partial charge in [-0.15, -0.1) is 12.3 Å². The highest BCUT2D eigenvalue weighted by molar-refractivity contribution is 5.38. The summed E-state index contributed by atoms with van der Waals surface area (Å²) in [6.45, 7) is 2.39. The largest absolute Gasteiger partial charge is 0.462 e. The number of piperidine rings is 1. The number of hydrogen-bond donors (Lipinski definition) is 1. The van der Waals surface area contributed by atoms with Gasteiger partial charge in [0, 0.05) is 26.6 Å². The molecule has 2 heterocycles. The maximum absolute atomic E-state index is 5.45. The Morgan fingerprint density at radius 3 is 2.74 bits per heavy atom. The summed E-state index contributed by atoms with van der Waals surface area (Å²) in [4.78, 5) is 15.1. The SMILES string of the molecule is C#CCCOc1nc(NC)nc(N2CCCCC2)n1. The van der Waals surface area contributed by atoms with Gasteiger partial charge in [-0.1, -0.05) is 0 Å². The van der Waals surface area contributed by atoms with E-state index in [2.05, 4.69) is 31.1 Å². The third-order valence-electron chi connectivity index (χ3n) is 2.94. The maximum Gasteiger partial charge on any atom is 0.323 e. The third kappa shape index (κ3) is 3.71. The van der Waals surface area contributed by atoms with Crippen molar-refractivity contribution < 1.29 is 4.74 Å². The van der Waals surface area contributed by atoms with Crippen molar-refractivity contribution in [3.05, 3.63) is 0 Å². The highest BCUT2D eigenvalue weighted by Crippen LogP contribution is 2.19. The molecule has 0 radical (unpaired) electrons. The summed E-state index contributed by atoms with van der Waals surface area (Å²) < 4.78 is 5.45. The topological polar surface area (TPSA) is 63.2 Å². The molecule has 1 aromatic rings. The van der Waals surface area contributed by atoms with Gasteiger partial charge in [0.25, 0.3) is 0 Å². The van der Waals surface area contributed by atoms with Crippen molar-refractivity contribution in [1.82, 2.24) is 15.0 Å². The van der Waals surface area contributed by atoms with Crippen LogP contribution in [0.25, 0.3) is 0 Å². The smallest absolute Gasteiger partial charge is 0.323 e. The molecule has 1 aliphatic heterocycles. The van der Waals surface area contributed by atoms with E-state index in [-0.39, 0.29) is 0 Å². The van der Waals surface area contributed by atoms with Crippen molar-refractivity contribution >= 4 is 11.9 Å². The quantitative estimate of drug-likeness (QED) is 0.637. The van der Waals surface area contributed by atoms with Crippen LogP contribution in [-0.4, -0.2) is 41.7 Å². The van der Waals surface area contributed by atoms with E-state index in [4.69, 9.17) is 11.2 Å². The van der Waals surface area contributed by atoms with Crippen LogP contribution in [0.1, 0.15) is 25.7 Å². The fraction of sp³-hybridized carbons (Fsp3) is 0.615. The molecule has 0 unspecified atom stereocenters. The average Bonchev–Trinajstić information content (AvgIpc) is 2.48. The van der Waals surface area contributed by atoms with E-state index in [0.717, 1.165) is 13.1 Å². The van der Waals surface area contributed by atoms with Crippen molar-refractivity contribution in [3.8, 4) is 18.4 Å². The fourth-order valence-electron chi connectivity index (χ4n) is 1.96. The van der Waals surface area contributed by atoms with Crippen LogP contribution in [0.2, 0.25) is 0 Å². The summed E-state index contributed by atoms with van der Waals surface area (Å²) >= 11 is 0. The molecule has 19 heavy (non-hydrogen) atoms. The molecule has 1 N–H and O–H groups in total. The normalized spacial score (nSPS) is 14.8. The van der Waals surface area contributed by atoms with Gasteiger partial charge in [-0.25, -0.2) is 0 Å². The second-order valence-electron chi connectivity index (χ2n) is 4.34. The zero-order chi connectivity index (χ0) is 13.5. The number of nitrogens with one attached hydrogen (secondary N) is 1. The highest BCUT2D eigenvalue weighted by atomic mass is 16.5. The zero-order valence-electron chi connectivity index (χ0n) is 11.2. The van der Waals surface area contributed by atoms with Crippen LogP contribution < -0.4 is 15.0 Å². The van der Waals surface area contributed by atoms with E-state index in [9.17, 15) is 0 Å². The van der Waals surface area contributed by atoms with Crippen molar-refractivity contribution in [1.29, 1.82) is 0 Å². The van der Waals surface area contributed by atoms with Gasteiger partial charge in [-0.2, -0.15) is 15.0 Å². The summed E-state index contributed by atoms with van der Waals surface area (Å²) in [6.07, 6.45) is 9.35. The van der Waals surface area contributed by atoms with Crippen LogP contribution >= 0.6 is 0 Å². The Balaban J connectivity index is 2.12. The summed E-state index contributed by atoms with van der Waals surface area (Å²) in [5.41, 5.74) is 0. The molecule has 1 fully saturated rings. The monoisotopic (exact) mass is 261 g/mol. The first-order valence-corrected chi connectivity index (χ1v) is 6.58. The minimum absolute atomic E-state index is 0.329. The molecule has 0 amide bonds. The first-order chi connectivity index (χ1) is 9.33. The molecule has 1 aliphatic rings. The van der Waals surface area contributed by atoms with E-state index in [1.807, 2.05) is 0 Å². The number of rotatable bonds is 5. The van der Waals surface area contributed by atoms with Gasteiger partial charge in [-0.3, -0.25) is 0 Å². The molecule has 102 valence electrons. The summed E-state index contributed by atoms with van der Waals surface area (Å²) in [7, 11) is 1.78. The zero-order valence-corrected chi connectivity index (χ0v) is 11.2. The summed E-state index contributed by atoms with van der Waals surface area (Å²) in [5, 5.41) is 2.93. The molecular weight excluding hydrogens is 242 g/mol. The van der Waals surface area contributed by atoms with Crippen LogP contribution in [0.3, 0.4) is 0 Å². The minimum atomic E-state index is 0.329. The molecule has 1 aromatic heterocycles. The number of hydrogen-bond acceptors (Lipinski definition) is 6. The molecule has 1 saturated heterocycles. The van der Waals surface area contributed by atoms with E-state index < -0.39 is 0 Å². The predicted molar refractivity (Wildman–Crippen MR) is 74.4 cm³/mol. The molecule has 2 rings (SSSR count). The van der Waals surface area contributed by atoms with Gasteiger partial charge in [0.1, 0.15) is 6.61 Å². The predicted octanol–water partition coefficient (Wildman–Crippen LogP) is 1.31. The Kier molecular flexibility index (Phi) is 4.78. The van der Waals surface area contributed by atoms with E-state index >= 15 is 0 Å². The Morgan fingerprint density at radius 1 is 1.26 bits per heavy atom. The van der Waals surface area contributed by atoms with Crippen LogP contribution in [0.4, 0.5) is 11.9 Å². The van der Waals surface area contributed by atoms with Gasteiger partial charge < -0.3 is 15.0 Å². The van der Waals surface area contributed by atoms with Crippen molar-refractivity contribution in [3.63, 3.8) is 0 Å². The van der Waals surface area contributed by atoms with Gasteiger partial charge in [0.15, 0.2) is 0 Å².